The number of nitrogens with one attached hydrogen (secondary N) is 2. The molecule has 0 aliphatic carbocycles. The molecule has 122 valence electrons. The maximum Gasteiger partial charge on any atom is 0.249 e. The number of ether oxygens (including phenoxy) is 1. The van der Waals surface area contributed by atoms with E-state index in [0.29, 0.717) is 6.54 Å². The summed E-state index contributed by atoms with van der Waals surface area (Å²) >= 11 is 0. The number of amides is 2. The molecule has 2 amide bonds. The Kier molecular flexibility index (Phi) is 7.07. The fourth-order valence-electron chi connectivity index (χ4n) is 1.96. The van der Waals surface area contributed by atoms with Gasteiger partial charge in [-0.25, -0.2) is 0 Å². The number of hydrogen-bond donors (Lipinski definition) is 4. The van der Waals surface area contributed by atoms with Crippen LogP contribution in [0.15, 0.2) is 0 Å². The monoisotopic (exact) mass is 302 g/mol. The molecule has 1 saturated heterocycles. The molecule has 4 N–H and O–H groups in total. The Hall–Kier alpha value is -1.18. The number of hydrogen-bond acceptors (Lipinski definition) is 5. The Morgan fingerprint density at radius 2 is 2.10 bits per heavy atom. The Morgan fingerprint density at radius 1 is 1.38 bits per heavy atom. The summed E-state index contributed by atoms with van der Waals surface area (Å²) in [7, 11) is 0. The second-order valence-corrected chi connectivity index (χ2v) is 6.03. The first-order valence-electron chi connectivity index (χ1n) is 7.32. The maximum atomic E-state index is 11.7. The van der Waals surface area contributed by atoms with Crippen LogP contribution in [-0.4, -0.2) is 60.5 Å². The number of carbonyl (C=O) groups is 2. The van der Waals surface area contributed by atoms with Crippen LogP contribution in [0.1, 0.15) is 33.1 Å². The predicted octanol–water partition coefficient (Wildman–Crippen LogP) is -0.833. The average Bonchev–Trinajstić information content (AvgIpc) is 2.97. The molecular weight excluding hydrogens is 276 g/mol. The third kappa shape index (κ3) is 5.99. The van der Waals surface area contributed by atoms with Gasteiger partial charge in [-0.1, -0.05) is 13.8 Å². The van der Waals surface area contributed by atoms with E-state index in [2.05, 4.69) is 10.6 Å². The molecule has 0 aromatic carbocycles. The van der Waals surface area contributed by atoms with E-state index in [-0.39, 0.29) is 31.6 Å². The smallest absolute Gasteiger partial charge is 0.249 e. The van der Waals surface area contributed by atoms with Crippen LogP contribution in [0, 0.1) is 5.41 Å². The highest BCUT2D eigenvalue weighted by atomic mass is 16.5. The molecule has 0 saturated carbocycles. The molecule has 1 heterocycles. The van der Waals surface area contributed by atoms with Crippen molar-refractivity contribution in [3.05, 3.63) is 0 Å². The Labute approximate surface area is 125 Å². The van der Waals surface area contributed by atoms with E-state index in [4.69, 9.17) is 9.84 Å². The van der Waals surface area contributed by atoms with Crippen LogP contribution >= 0.6 is 0 Å². The summed E-state index contributed by atoms with van der Waals surface area (Å²) in [5.41, 5.74) is -0.911. The van der Waals surface area contributed by atoms with E-state index in [1.54, 1.807) is 13.8 Å². The molecule has 1 aliphatic heterocycles. The largest absolute Gasteiger partial charge is 0.396 e. The zero-order valence-corrected chi connectivity index (χ0v) is 12.7. The fraction of sp³-hybridized carbons (Fsp3) is 0.857. The van der Waals surface area contributed by atoms with Crippen LogP contribution in [0.5, 0.6) is 0 Å². The van der Waals surface area contributed by atoms with Gasteiger partial charge in [0.05, 0.1) is 12.7 Å². The lowest BCUT2D eigenvalue weighted by molar-refractivity contribution is -0.137. The van der Waals surface area contributed by atoms with Gasteiger partial charge in [-0.3, -0.25) is 9.59 Å². The average molecular weight is 302 g/mol. The van der Waals surface area contributed by atoms with Gasteiger partial charge in [-0.05, 0) is 12.8 Å². The normalized spacial score (nSPS) is 20.1. The number of rotatable bonds is 8. The van der Waals surface area contributed by atoms with Gasteiger partial charge in [0.1, 0.15) is 6.10 Å². The van der Waals surface area contributed by atoms with Crippen molar-refractivity contribution in [2.45, 2.75) is 45.3 Å². The van der Waals surface area contributed by atoms with Crippen molar-refractivity contribution < 1.29 is 24.5 Å². The van der Waals surface area contributed by atoms with Crippen LogP contribution in [0.3, 0.4) is 0 Å². The molecule has 1 rings (SSSR count). The third-order valence-electron chi connectivity index (χ3n) is 3.60. The zero-order chi connectivity index (χ0) is 15.9. The summed E-state index contributed by atoms with van der Waals surface area (Å²) in [6.45, 7) is 4.26. The lowest BCUT2D eigenvalue weighted by atomic mass is 9.87. The zero-order valence-electron chi connectivity index (χ0n) is 12.7. The molecule has 2 atom stereocenters. The van der Waals surface area contributed by atoms with Crippen molar-refractivity contribution in [1.29, 1.82) is 0 Å². The van der Waals surface area contributed by atoms with Gasteiger partial charge in [0.25, 0.3) is 0 Å². The maximum absolute atomic E-state index is 11.7. The highest BCUT2D eigenvalue weighted by molar-refractivity contribution is 5.82. The minimum atomic E-state index is -1.31. The van der Waals surface area contributed by atoms with E-state index in [0.717, 1.165) is 19.4 Å². The van der Waals surface area contributed by atoms with Gasteiger partial charge in [0.15, 0.2) is 0 Å². The molecule has 1 unspecified atom stereocenters. The second kappa shape index (κ2) is 8.31. The predicted molar refractivity (Wildman–Crippen MR) is 76.5 cm³/mol. The molecule has 7 nitrogen and oxygen atoms in total. The van der Waals surface area contributed by atoms with Crippen molar-refractivity contribution in [3.63, 3.8) is 0 Å². The SMILES string of the molecule is CC(C)(CO)[C@@H](O)C(=O)NCCC(=O)NCC1CCCO1. The molecule has 0 aromatic rings. The summed E-state index contributed by atoms with van der Waals surface area (Å²) < 4.78 is 5.39. The molecule has 21 heavy (non-hydrogen) atoms. The van der Waals surface area contributed by atoms with Crippen molar-refractivity contribution in [2.24, 2.45) is 5.41 Å². The molecule has 1 aliphatic rings. The van der Waals surface area contributed by atoms with Crippen LogP contribution in [0.4, 0.5) is 0 Å². The van der Waals surface area contributed by atoms with Crippen molar-refractivity contribution in [2.75, 3.05) is 26.3 Å². The molecule has 7 heteroatoms. The van der Waals surface area contributed by atoms with E-state index in [1.807, 2.05) is 0 Å². The number of carbonyl (C=O) groups excluding carboxylic acids is 2. The van der Waals surface area contributed by atoms with Gasteiger partial charge < -0.3 is 25.6 Å². The standard InChI is InChI=1S/C14H26N2O5/c1-14(2,9-17)12(19)13(20)15-6-5-11(18)16-8-10-4-3-7-21-10/h10,12,17,19H,3-9H2,1-2H3,(H,15,20)(H,16,18)/t10?,12-/m0/s1. The van der Waals surface area contributed by atoms with Crippen molar-refractivity contribution in [3.8, 4) is 0 Å². The Bertz CT molecular complexity index is 353. The second-order valence-electron chi connectivity index (χ2n) is 6.03. The summed E-state index contributed by atoms with van der Waals surface area (Å²) in [6.07, 6.45) is 0.910. The van der Waals surface area contributed by atoms with Crippen LogP contribution < -0.4 is 10.6 Å². The topological polar surface area (TPSA) is 108 Å². The Balaban J connectivity index is 2.17. The van der Waals surface area contributed by atoms with Gasteiger partial charge in [0, 0.05) is 31.5 Å². The number of aliphatic hydroxyl groups is 2. The van der Waals surface area contributed by atoms with E-state index in [1.165, 1.54) is 0 Å². The van der Waals surface area contributed by atoms with Crippen LogP contribution in [-0.2, 0) is 14.3 Å². The van der Waals surface area contributed by atoms with E-state index in [9.17, 15) is 14.7 Å². The van der Waals surface area contributed by atoms with Gasteiger partial charge in [-0.2, -0.15) is 0 Å². The minimum Gasteiger partial charge on any atom is -0.396 e. The minimum absolute atomic E-state index is 0.0933. The summed E-state index contributed by atoms with van der Waals surface area (Å²) in [5.74, 6) is -0.748. The van der Waals surface area contributed by atoms with Gasteiger partial charge in [-0.15, -0.1) is 0 Å². The van der Waals surface area contributed by atoms with Crippen molar-refractivity contribution >= 4 is 11.8 Å². The fourth-order valence-corrected chi connectivity index (χ4v) is 1.96. The van der Waals surface area contributed by atoms with Crippen molar-refractivity contribution in [1.82, 2.24) is 10.6 Å². The highest BCUT2D eigenvalue weighted by Crippen LogP contribution is 2.19. The number of aliphatic hydroxyl groups excluding tert-OH is 2. The van der Waals surface area contributed by atoms with Crippen LogP contribution in [0.2, 0.25) is 0 Å². The lowest BCUT2D eigenvalue weighted by Gasteiger charge is -2.27. The molecule has 0 aromatic heterocycles. The quantitative estimate of drug-likeness (QED) is 0.468. The molecule has 1 fully saturated rings. The molecular formula is C14H26N2O5. The summed E-state index contributed by atoms with van der Waals surface area (Å²) in [6, 6.07) is 0. The highest BCUT2D eigenvalue weighted by Gasteiger charge is 2.32. The molecule has 0 radical (unpaired) electrons. The van der Waals surface area contributed by atoms with E-state index < -0.39 is 17.4 Å². The molecule has 0 spiro atoms. The first-order valence-corrected chi connectivity index (χ1v) is 7.32. The third-order valence-corrected chi connectivity index (χ3v) is 3.60. The molecule has 0 bridgehead atoms. The van der Waals surface area contributed by atoms with Crippen LogP contribution in [0.25, 0.3) is 0 Å². The lowest BCUT2D eigenvalue weighted by Crippen LogP contribution is -2.46. The summed E-state index contributed by atoms with van der Waals surface area (Å²) in [4.78, 5) is 23.3. The first kappa shape index (κ1) is 17.9. The first-order chi connectivity index (χ1) is 9.86. The Morgan fingerprint density at radius 3 is 2.67 bits per heavy atom. The van der Waals surface area contributed by atoms with Gasteiger partial charge >= 0.3 is 0 Å². The van der Waals surface area contributed by atoms with Gasteiger partial charge in [0.2, 0.25) is 11.8 Å². The summed E-state index contributed by atoms with van der Waals surface area (Å²) in [5, 5.41) is 24.1. The van der Waals surface area contributed by atoms with E-state index >= 15 is 0 Å².